The number of benzene rings is 1. The maximum absolute atomic E-state index is 13.0. The smallest absolute Gasteiger partial charge is 0.354 e. The number of piperazine rings is 1. The SMILES string of the molecule is O=C(CN1CCN(c2ccc(S(=O)(=O)N3CCCC3)cn2)CC1)Nc1ccc(Cl)c(C(F)(F)F)c1. The van der Waals surface area contributed by atoms with E-state index < -0.39 is 32.7 Å². The molecule has 0 bridgehead atoms. The van der Waals surface area contributed by atoms with Crippen molar-refractivity contribution in [1.29, 1.82) is 0 Å². The van der Waals surface area contributed by atoms with Gasteiger partial charge in [0, 0.05) is 51.2 Å². The molecule has 3 heterocycles. The Labute approximate surface area is 206 Å². The Kier molecular flexibility index (Phi) is 7.55. The summed E-state index contributed by atoms with van der Waals surface area (Å²) in [6, 6.07) is 6.50. The van der Waals surface area contributed by atoms with Crippen LogP contribution in [0.5, 0.6) is 0 Å². The quantitative estimate of drug-likeness (QED) is 0.615. The number of halogens is 4. The van der Waals surface area contributed by atoms with Gasteiger partial charge in [0.15, 0.2) is 0 Å². The number of hydrogen-bond acceptors (Lipinski definition) is 6. The van der Waals surface area contributed by atoms with Crippen LogP contribution in [0.2, 0.25) is 5.02 Å². The molecule has 0 spiro atoms. The highest BCUT2D eigenvalue weighted by atomic mass is 35.5. The third-order valence-corrected chi connectivity index (χ3v) is 8.25. The molecule has 0 saturated carbocycles. The first kappa shape index (κ1) is 25.7. The standard InChI is InChI=1S/C22H25ClF3N5O3S/c23-19-5-3-16(13-18(19)22(24,25)26)28-21(32)15-29-9-11-30(12-10-29)20-6-4-17(14-27-20)35(33,34)31-7-1-2-8-31/h3-6,13-14H,1-2,7-12,15H2,(H,28,32). The van der Waals surface area contributed by atoms with Gasteiger partial charge in [-0.1, -0.05) is 11.6 Å². The molecule has 2 aliphatic rings. The Morgan fingerprint density at radius 3 is 2.31 bits per heavy atom. The van der Waals surface area contributed by atoms with Crippen LogP contribution in [0.25, 0.3) is 0 Å². The Balaban J connectivity index is 1.29. The van der Waals surface area contributed by atoms with E-state index in [9.17, 15) is 26.4 Å². The number of sulfonamides is 1. The van der Waals surface area contributed by atoms with Gasteiger partial charge in [-0.15, -0.1) is 0 Å². The van der Waals surface area contributed by atoms with Crippen LogP contribution in [0.3, 0.4) is 0 Å². The van der Waals surface area contributed by atoms with E-state index in [4.69, 9.17) is 11.6 Å². The molecule has 1 aromatic heterocycles. The lowest BCUT2D eigenvalue weighted by Gasteiger charge is -2.35. The number of nitrogens with zero attached hydrogens (tertiary/aromatic N) is 4. The highest BCUT2D eigenvalue weighted by molar-refractivity contribution is 7.89. The number of carbonyl (C=O) groups is 1. The van der Waals surface area contributed by atoms with E-state index in [0.717, 1.165) is 25.0 Å². The topological polar surface area (TPSA) is 85.9 Å². The first-order valence-electron chi connectivity index (χ1n) is 11.1. The summed E-state index contributed by atoms with van der Waals surface area (Å²) in [7, 11) is -3.52. The highest BCUT2D eigenvalue weighted by Gasteiger charge is 2.33. The minimum atomic E-state index is -4.61. The molecule has 1 N–H and O–H groups in total. The van der Waals surface area contributed by atoms with E-state index in [1.54, 1.807) is 12.1 Å². The molecule has 13 heteroatoms. The normalized spacial score (nSPS) is 18.1. The van der Waals surface area contributed by atoms with Crippen molar-refractivity contribution in [3.63, 3.8) is 0 Å². The van der Waals surface area contributed by atoms with E-state index in [0.29, 0.717) is 45.1 Å². The van der Waals surface area contributed by atoms with Crippen LogP contribution >= 0.6 is 11.6 Å². The van der Waals surface area contributed by atoms with Crippen molar-refractivity contribution >= 4 is 39.0 Å². The summed E-state index contributed by atoms with van der Waals surface area (Å²) in [6.45, 7) is 3.30. The second-order valence-corrected chi connectivity index (χ2v) is 10.8. The average Bonchev–Trinajstić information content (AvgIpc) is 3.36. The van der Waals surface area contributed by atoms with Crippen LogP contribution in [-0.2, 0) is 21.0 Å². The second-order valence-electron chi connectivity index (χ2n) is 8.47. The Morgan fingerprint density at radius 1 is 1.03 bits per heavy atom. The fourth-order valence-corrected chi connectivity index (χ4v) is 5.84. The molecule has 8 nitrogen and oxygen atoms in total. The molecule has 0 unspecified atom stereocenters. The Bertz CT molecular complexity index is 1160. The van der Waals surface area contributed by atoms with Gasteiger partial charge in [-0.05, 0) is 43.2 Å². The summed E-state index contributed by atoms with van der Waals surface area (Å²) in [5.41, 5.74) is -0.976. The molecule has 2 aliphatic heterocycles. The molecule has 0 aliphatic carbocycles. The van der Waals surface area contributed by atoms with E-state index in [1.165, 1.54) is 16.6 Å². The minimum Gasteiger partial charge on any atom is -0.354 e. The van der Waals surface area contributed by atoms with Gasteiger partial charge >= 0.3 is 6.18 Å². The number of alkyl halides is 3. The molecule has 1 aromatic carbocycles. The molecular formula is C22H25ClF3N5O3S. The molecule has 35 heavy (non-hydrogen) atoms. The monoisotopic (exact) mass is 531 g/mol. The molecule has 4 rings (SSSR count). The van der Waals surface area contributed by atoms with E-state index in [2.05, 4.69) is 10.3 Å². The number of amides is 1. The fourth-order valence-electron chi connectivity index (χ4n) is 4.15. The first-order valence-corrected chi connectivity index (χ1v) is 13.0. The maximum Gasteiger partial charge on any atom is 0.417 e. The van der Waals surface area contributed by atoms with Gasteiger partial charge in [0.25, 0.3) is 0 Å². The number of carbonyl (C=O) groups excluding carboxylic acids is 1. The van der Waals surface area contributed by atoms with Crippen LogP contribution in [-0.4, -0.2) is 74.3 Å². The van der Waals surface area contributed by atoms with Gasteiger partial charge in [-0.2, -0.15) is 17.5 Å². The van der Waals surface area contributed by atoms with Crippen molar-refractivity contribution in [1.82, 2.24) is 14.2 Å². The Hall–Kier alpha value is -2.41. The zero-order valence-electron chi connectivity index (χ0n) is 18.8. The molecule has 190 valence electrons. The third-order valence-electron chi connectivity index (χ3n) is 6.04. The lowest BCUT2D eigenvalue weighted by molar-refractivity contribution is -0.137. The molecular weight excluding hydrogens is 507 g/mol. The van der Waals surface area contributed by atoms with Crippen LogP contribution < -0.4 is 10.2 Å². The lowest BCUT2D eigenvalue weighted by Crippen LogP contribution is -2.49. The summed E-state index contributed by atoms with van der Waals surface area (Å²) in [4.78, 5) is 20.8. The first-order chi connectivity index (χ1) is 16.5. The zero-order chi connectivity index (χ0) is 25.2. The predicted octanol–water partition coefficient (Wildman–Crippen LogP) is 3.30. The van der Waals surface area contributed by atoms with Crippen molar-refractivity contribution in [2.75, 3.05) is 56.0 Å². The number of aromatic nitrogens is 1. The average molecular weight is 532 g/mol. The van der Waals surface area contributed by atoms with Gasteiger partial charge in [-0.3, -0.25) is 9.69 Å². The maximum atomic E-state index is 13.0. The number of nitrogens with one attached hydrogen (secondary N) is 1. The van der Waals surface area contributed by atoms with E-state index >= 15 is 0 Å². The van der Waals surface area contributed by atoms with Crippen LogP contribution in [0.1, 0.15) is 18.4 Å². The lowest BCUT2D eigenvalue weighted by atomic mass is 10.2. The number of hydrogen-bond donors (Lipinski definition) is 1. The number of rotatable bonds is 6. The summed E-state index contributed by atoms with van der Waals surface area (Å²) in [6.07, 6.45) is -1.51. The summed E-state index contributed by atoms with van der Waals surface area (Å²) < 4.78 is 65.8. The predicted molar refractivity (Wildman–Crippen MR) is 126 cm³/mol. The molecule has 2 saturated heterocycles. The molecule has 0 radical (unpaired) electrons. The number of pyridine rings is 1. The van der Waals surface area contributed by atoms with Crippen molar-refractivity contribution in [3.05, 3.63) is 47.1 Å². The molecule has 2 aromatic rings. The van der Waals surface area contributed by atoms with Gasteiger partial charge in [-0.25, -0.2) is 13.4 Å². The van der Waals surface area contributed by atoms with Crippen LogP contribution in [0.15, 0.2) is 41.4 Å². The van der Waals surface area contributed by atoms with Crippen molar-refractivity contribution < 1.29 is 26.4 Å². The zero-order valence-corrected chi connectivity index (χ0v) is 20.3. The highest BCUT2D eigenvalue weighted by Crippen LogP contribution is 2.36. The summed E-state index contributed by atoms with van der Waals surface area (Å²) in [5, 5.41) is 2.06. The van der Waals surface area contributed by atoms with Gasteiger partial charge in [0.05, 0.1) is 17.1 Å². The summed E-state index contributed by atoms with van der Waals surface area (Å²) in [5.74, 6) is 0.221. The van der Waals surface area contributed by atoms with Crippen LogP contribution in [0.4, 0.5) is 24.7 Å². The Morgan fingerprint density at radius 2 is 1.71 bits per heavy atom. The van der Waals surface area contributed by atoms with Crippen molar-refractivity contribution in [2.24, 2.45) is 0 Å². The van der Waals surface area contributed by atoms with Gasteiger partial charge in [0.2, 0.25) is 15.9 Å². The molecule has 2 fully saturated rings. The minimum absolute atomic E-state index is 0.0261. The van der Waals surface area contributed by atoms with Crippen molar-refractivity contribution in [2.45, 2.75) is 23.9 Å². The molecule has 1 amide bonds. The third kappa shape index (κ3) is 6.05. The van der Waals surface area contributed by atoms with Crippen LogP contribution in [0, 0.1) is 0 Å². The van der Waals surface area contributed by atoms with Crippen molar-refractivity contribution in [3.8, 4) is 0 Å². The van der Waals surface area contributed by atoms with Gasteiger partial charge in [0.1, 0.15) is 10.7 Å². The fraction of sp³-hybridized carbons (Fsp3) is 0.455. The van der Waals surface area contributed by atoms with Gasteiger partial charge < -0.3 is 10.2 Å². The summed E-state index contributed by atoms with van der Waals surface area (Å²) >= 11 is 5.62. The molecule has 0 atom stereocenters. The number of anilines is 2. The van der Waals surface area contributed by atoms with E-state index in [1.807, 2.05) is 9.80 Å². The van der Waals surface area contributed by atoms with E-state index in [-0.39, 0.29) is 17.1 Å². The second kappa shape index (κ2) is 10.3. The largest absolute Gasteiger partial charge is 0.417 e.